The average molecular weight is 212 g/mol. The third-order valence-electron chi connectivity index (χ3n) is 2.60. The zero-order chi connectivity index (χ0) is 11.5. The molecule has 2 N–H and O–H groups in total. The molecule has 1 unspecified atom stereocenters. The Morgan fingerprint density at radius 3 is 2.69 bits per heavy atom. The van der Waals surface area contributed by atoms with Crippen LogP contribution in [0.4, 0.5) is 5.69 Å². The van der Waals surface area contributed by atoms with Crippen LogP contribution in [0, 0.1) is 11.3 Å². The molecule has 1 atom stereocenters. The fourth-order valence-electron chi connectivity index (χ4n) is 1.65. The number of nitrogens with zero attached hydrogens (tertiary/aromatic N) is 3. The smallest absolute Gasteiger partial charge is 0.213 e. The number of nitrogens with two attached hydrogens (primary N) is 1. The first kappa shape index (κ1) is 10.2. The number of hydrogen-bond donors (Lipinski definition) is 1. The van der Waals surface area contributed by atoms with E-state index in [1.807, 2.05) is 35.8 Å². The molecule has 0 radical (unpaired) electrons. The molecule has 4 heteroatoms. The standard InChI is InChI=1S/C12H12N4/c1-9(10-2-4-11(14)5-3-10)16-7-6-15-12(16)8-13/h2-7,9H,14H2,1H3. The molecule has 0 aliphatic rings. The second kappa shape index (κ2) is 4.07. The van der Waals surface area contributed by atoms with Gasteiger partial charge in [-0.2, -0.15) is 5.26 Å². The van der Waals surface area contributed by atoms with Crippen molar-refractivity contribution in [3.63, 3.8) is 0 Å². The quantitative estimate of drug-likeness (QED) is 0.773. The minimum Gasteiger partial charge on any atom is -0.399 e. The van der Waals surface area contributed by atoms with Crippen molar-refractivity contribution >= 4 is 5.69 Å². The number of imidazole rings is 1. The Bertz CT molecular complexity index is 519. The van der Waals surface area contributed by atoms with Crippen molar-refractivity contribution in [2.75, 3.05) is 5.73 Å². The van der Waals surface area contributed by atoms with E-state index >= 15 is 0 Å². The topological polar surface area (TPSA) is 67.6 Å². The third-order valence-corrected chi connectivity index (χ3v) is 2.60. The van der Waals surface area contributed by atoms with Gasteiger partial charge in [0.25, 0.3) is 0 Å². The van der Waals surface area contributed by atoms with Gasteiger partial charge < -0.3 is 10.3 Å². The number of aromatic nitrogens is 2. The molecule has 0 saturated heterocycles. The van der Waals surface area contributed by atoms with Crippen LogP contribution in [0.1, 0.15) is 24.4 Å². The molecule has 0 aliphatic heterocycles. The lowest BCUT2D eigenvalue weighted by molar-refractivity contribution is 0.630. The molecule has 2 rings (SSSR count). The molecule has 1 aromatic carbocycles. The minimum absolute atomic E-state index is 0.0812. The summed E-state index contributed by atoms with van der Waals surface area (Å²) in [5.41, 5.74) is 7.47. The van der Waals surface area contributed by atoms with E-state index in [0.29, 0.717) is 5.82 Å². The maximum atomic E-state index is 8.89. The normalized spacial score (nSPS) is 12.0. The van der Waals surface area contributed by atoms with Gasteiger partial charge in [-0.3, -0.25) is 0 Å². The Balaban J connectivity index is 2.36. The summed E-state index contributed by atoms with van der Waals surface area (Å²) in [7, 11) is 0. The van der Waals surface area contributed by atoms with E-state index in [-0.39, 0.29) is 6.04 Å². The summed E-state index contributed by atoms with van der Waals surface area (Å²) in [5, 5.41) is 8.89. The molecule has 0 fully saturated rings. The van der Waals surface area contributed by atoms with Gasteiger partial charge in [0.1, 0.15) is 6.07 Å². The van der Waals surface area contributed by atoms with Crippen LogP contribution in [0.5, 0.6) is 0 Å². The molecule has 0 spiro atoms. The van der Waals surface area contributed by atoms with E-state index in [4.69, 9.17) is 11.0 Å². The van der Waals surface area contributed by atoms with Crippen LogP contribution in [-0.2, 0) is 0 Å². The third kappa shape index (κ3) is 1.75. The first-order valence-electron chi connectivity index (χ1n) is 5.00. The molecule has 1 aromatic heterocycles. The summed E-state index contributed by atoms with van der Waals surface area (Å²) >= 11 is 0. The molecule has 0 saturated carbocycles. The van der Waals surface area contributed by atoms with E-state index < -0.39 is 0 Å². The summed E-state index contributed by atoms with van der Waals surface area (Å²) in [5.74, 6) is 0.421. The Labute approximate surface area is 94.0 Å². The first-order valence-corrected chi connectivity index (χ1v) is 5.00. The first-order chi connectivity index (χ1) is 7.72. The molecule has 16 heavy (non-hydrogen) atoms. The number of hydrogen-bond acceptors (Lipinski definition) is 3. The van der Waals surface area contributed by atoms with E-state index in [1.165, 1.54) is 0 Å². The molecular weight excluding hydrogens is 200 g/mol. The molecule has 0 aliphatic carbocycles. The molecule has 80 valence electrons. The van der Waals surface area contributed by atoms with Crippen molar-refractivity contribution in [1.29, 1.82) is 5.26 Å². The fraction of sp³-hybridized carbons (Fsp3) is 0.167. The molecule has 4 nitrogen and oxygen atoms in total. The molecule has 1 heterocycles. The van der Waals surface area contributed by atoms with Crippen molar-refractivity contribution in [3.05, 3.63) is 48.0 Å². The fourth-order valence-corrected chi connectivity index (χ4v) is 1.65. The minimum atomic E-state index is 0.0812. The SMILES string of the molecule is CC(c1ccc(N)cc1)n1ccnc1C#N. The predicted octanol–water partition coefficient (Wildman–Crippen LogP) is 1.95. The van der Waals surface area contributed by atoms with Gasteiger partial charge in [0, 0.05) is 18.1 Å². The van der Waals surface area contributed by atoms with E-state index in [1.54, 1.807) is 12.4 Å². The number of nitrogen functional groups attached to an aromatic ring is 1. The maximum absolute atomic E-state index is 8.89. The highest BCUT2D eigenvalue weighted by molar-refractivity contribution is 5.40. The van der Waals surface area contributed by atoms with Gasteiger partial charge in [0.2, 0.25) is 5.82 Å². The molecular formula is C12H12N4. The number of rotatable bonds is 2. The van der Waals surface area contributed by atoms with Crippen LogP contribution in [-0.4, -0.2) is 9.55 Å². The zero-order valence-electron chi connectivity index (χ0n) is 8.96. The van der Waals surface area contributed by atoms with Gasteiger partial charge in [-0.15, -0.1) is 0 Å². The molecule has 0 bridgehead atoms. The predicted molar refractivity (Wildman–Crippen MR) is 61.6 cm³/mol. The van der Waals surface area contributed by atoms with Gasteiger partial charge >= 0.3 is 0 Å². The number of benzene rings is 1. The number of nitriles is 1. The lowest BCUT2D eigenvalue weighted by Gasteiger charge is -2.14. The van der Waals surface area contributed by atoms with Crippen molar-refractivity contribution in [3.8, 4) is 6.07 Å². The summed E-state index contributed by atoms with van der Waals surface area (Å²) in [6, 6.07) is 9.78. The Kier molecular flexibility index (Phi) is 2.61. The summed E-state index contributed by atoms with van der Waals surface area (Å²) in [6.07, 6.45) is 3.44. The van der Waals surface area contributed by atoms with Crippen molar-refractivity contribution in [2.24, 2.45) is 0 Å². The Morgan fingerprint density at radius 2 is 2.06 bits per heavy atom. The van der Waals surface area contributed by atoms with Crippen LogP contribution in [0.15, 0.2) is 36.7 Å². The van der Waals surface area contributed by atoms with Gasteiger partial charge in [-0.1, -0.05) is 12.1 Å². The highest BCUT2D eigenvalue weighted by Crippen LogP contribution is 2.19. The van der Waals surface area contributed by atoms with E-state index in [0.717, 1.165) is 11.3 Å². The van der Waals surface area contributed by atoms with Crippen LogP contribution < -0.4 is 5.73 Å². The van der Waals surface area contributed by atoms with Crippen molar-refractivity contribution in [2.45, 2.75) is 13.0 Å². The Morgan fingerprint density at radius 1 is 1.38 bits per heavy atom. The maximum Gasteiger partial charge on any atom is 0.213 e. The van der Waals surface area contributed by atoms with Gasteiger partial charge in [-0.05, 0) is 24.6 Å². The average Bonchev–Trinajstić information content (AvgIpc) is 2.77. The highest BCUT2D eigenvalue weighted by Gasteiger charge is 2.11. The second-order valence-corrected chi connectivity index (χ2v) is 3.61. The van der Waals surface area contributed by atoms with Crippen LogP contribution in [0.2, 0.25) is 0 Å². The van der Waals surface area contributed by atoms with E-state index in [2.05, 4.69) is 11.1 Å². The monoisotopic (exact) mass is 212 g/mol. The van der Waals surface area contributed by atoms with Crippen LogP contribution >= 0.6 is 0 Å². The second-order valence-electron chi connectivity index (χ2n) is 3.61. The van der Waals surface area contributed by atoms with Gasteiger partial charge in [0.15, 0.2) is 0 Å². The Hall–Kier alpha value is -2.28. The molecule has 2 aromatic rings. The lowest BCUT2D eigenvalue weighted by atomic mass is 10.1. The van der Waals surface area contributed by atoms with Crippen LogP contribution in [0.3, 0.4) is 0 Å². The summed E-state index contributed by atoms with van der Waals surface area (Å²) < 4.78 is 1.84. The van der Waals surface area contributed by atoms with Crippen molar-refractivity contribution in [1.82, 2.24) is 9.55 Å². The molecule has 0 amide bonds. The zero-order valence-corrected chi connectivity index (χ0v) is 8.96. The van der Waals surface area contributed by atoms with Crippen molar-refractivity contribution < 1.29 is 0 Å². The summed E-state index contributed by atoms with van der Waals surface area (Å²) in [4.78, 5) is 3.98. The number of anilines is 1. The summed E-state index contributed by atoms with van der Waals surface area (Å²) in [6.45, 7) is 2.02. The largest absolute Gasteiger partial charge is 0.399 e. The lowest BCUT2D eigenvalue weighted by Crippen LogP contribution is -2.08. The highest BCUT2D eigenvalue weighted by atomic mass is 15.1. The van der Waals surface area contributed by atoms with Gasteiger partial charge in [-0.25, -0.2) is 4.98 Å². The van der Waals surface area contributed by atoms with Crippen LogP contribution in [0.25, 0.3) is 0 Å². The van der Waals surface area contributed by atoms with Gasteiger partial charge in [0.05, 0.1) is 6.04 Å². The van der Waals surface area contributed by atoms with E-state index in [9.17, 15) is 0 Å².